The number of methoxy groups -OCH3 is 3. The summed E-state index contributed by atoms with van der Waals surface area (Å²) in [5.74, 6) is 1.09. The minimum atomic E-state index is -0.774. The second-order valence-corrected chi connectivity index (χ2v) is 9.20. The third kappa shape index (κ3) is 6.60. The molecule has 0 aliphatic heterocycles. The number of carbonyl (C=O) groups is 1. The van der Waals surface area contributed by atoms with Crippen molar-refractivity contribution in [2.45, 2.75) is 45.1 Å². The van der Waals surface area contributed by atoms with Crippen LogP contribution in [0.4, 0.5) is 0 Å². The zero-order chi connectivity index (χ0) is 27.6. The number of hydrogen-bond acceptors (Lipinski definition) is 6. The molecule has 0 spiro atoms. The van der Waals surface area contributed by atoms with Crippen molar-refractivity contribution >= 4 is 5.97 Å². The SMILES string of the molecule is CCCCCCC(Oc1nc(-c2ccc(OC)cc2)c(-c2ccc(OC)cc2)n1-c1ccccc1)C(=O)OC. The van der Waals surface area contributed by atoms with E-state index in [4.69, 9.17) is 23.9 Å². The molecule has 1 atom stereocenters. The van der Waals surface area contributed by atoms with Crippen LogP contribution in [0.1, 0.15) is 39.0 Å². The molecule has 204 valence electrons. The first-order chi connectivity index (χ1) is 19.1. The molecular formula is C32H36N2O5. The molecule has 1 aromatic heterocycles. The average Bonchev–Trinajstić information content (AvgIpc) is 3.37. The monoisotopic (exact) mass is 528 g/mol. The van der Waals surface area contributed by atoms with Crippen LogP contribution in [0.3, 0.4) is 0 Å². The number of hydrogen-bond donors (Lipinski definition) is 0. The van der Waals surface area contributed by atoms with Crippen molar-refractivity contribution in [1.82, 2.24) is 9.55 Å². The quantitative estimate of drug-likeness (QED) is 0.136. The van der Waals surface area contributed by atoms with Gasteiger partial charge in [0.15, 0.2) is 6.10 Å². The van der Waals surface area contributed by atoms with Gasteiger partial charge in [0.25, 0.3) is 0 Å². The molecule has 0 aliphatic carbocycles. The Hall–Kier alpha value is -4.26. The van der Waals surface area contributed by atoms with Gasteiger partial charge in [-0.2, -0.15) is 4.98 Å². The third-order valence-corrected chi connectivity index (χ3v) is 6.62. The normalized spacial score (nSPS) is 11.6. The highest BCUT2D eigenvalue weighted by molar-refractivity contribution is 5.82. The highest BCUT2D eigenvalue weighted by atomic mass is 16.6. The molecule has 0 amide bonds. The molecule has 0 saturated heterocycles. The van der Waals surface area contributed by atoms with Crippen LogP contribution in [-0.4, -0.2) is 43.0 Å². The smallest absolute Gasteiger partial charge is 0.347 e. The summed E-state index contributed by atoms with van der Waals surface area (Å²) in [7, 11) is 4.67. The van der Waals surface area contributed by atoms with E-state index in [0.29, 0.717) is 12.4 Å². The van der Waals surface area contributed by atoms with Crippen LogP contribution >= 0.6 is 0 Å². The van der Waals surface area contributed by atoms with Gasteiger partial charge in [0, 0.05) is 11.1 Å². The maximum absolute atomic E-state index is 12.8. The number of rotatable bonds is 13. The van der Waals surface area contributed by atoms with Crippen LogP contribution in [0.25, 0.3) is 28.2 Å². The Kier molecular flexibility index (Phi) is 9.62. The van der Waals surface area contributed by atoms with E-state index in [1.54, 1.807) is 14.2 Å². The predicted octanol–water partition coefficient (Wildman–Crippen LogP) is 7.11. The molecule has 0 aliphatic rings. The first-order valence-corrected chi connectivity index (χ1v) is 13.3. The van der Waals surface area contributed by atoms with Gasteiger partial charge in [0.2, 0.25) is 0 Å². The van der Waals surface area contributed by atoms with Crippen LogP contribution in [0.2, 0.25) is 0 Å². The number of benzene rings is 3. The summed E-state index contributed by atoms with van der Waals surface area (Å²) in [6.07, 6.45) is 3.87. The van der Waals surface area contributed by atoms with Crippen molar-refractivity contribution in [3.8, 4) is 45.7 Å². The second-order valence-electron chi connectivity index (χ2n) is 9.20. The fourth-order valence-corrected chi connectivity index (χ4v) is 4.50. The van der Waals surface area contributed by atoms with Gasteiger partial charge >= 0.3 is 12.0 Å². The Morgan fingerprint density at radius 3 is 1.97 bits per heavy atom. The Morgan fingerprint density at radius 2 is 1.41 bits per heavy atom. The number of aromatic nitrogens is 2. The van der Waals surface area contributed by atoms with Crippen LogP contribution in [0.15, 0.2) is 78.9 Å². The van der Waals surface area contributed by atoms with E-state index in [0.717, 1.165) is 65.4 Å². The largest absolute Gasteiger partial charge is 0.497 e. The maximum atomic E-state index is 12.8. The highest BCUT2D eigenvalue weighted by Gasteiger charge is 2.28. The van der Waals surface area contributed by atoms with Crippen molar-refractivity contribution in [3.05, 3.63) is 78.9 Å². The van der Waals surface area contributed by atoms with Crippen LogP contribution < -0.4 is 14.2 Å². The Morgan fingerprint density at radius 1 is 0.795 bits per heavy atom. The van der Waals surface area contributed by atoms with Crippen molar-refractivity contribution in [1.29, 1.82) is 0 Å². The predicted molar refractivity (Wildman–Crippen MR) is 153 cm³/mol. The van der Waals surface area contributed by atoms with Gasteiger partial charge in [-0.05, 0) is 73.5 Å². The Bertz CT molecular complexity index is 1330. The van der Waals surface area contributed by atoms with Gasteiger partial charge in [0.1, 0.15) is 17.2 Å². The third-order valence-electron chi connectivity index (χ3n) is 6.62. The molecule has 7 heteroatoms. The van der Waals surface area contributed by atoms with Crippen LogP contribution in [0, 0.1) is 0 Å². The molecule has 39 heavy (non-hydrogen) atoms. The molecule has 0 N–H and O–H groups in total. The summed E-state index contributed by atoms with van der Waals surface area (Å²) in [6, 6.07) is 25.8. The van der Waals surface area contributed by atoms with Gasteiger partial charge in [-0.3, -0.25) is 4.57 Å². The zero-order valence-electron chi connectivity index (χ0n) is 23.1. The number of unbranched alkanes of at least 4 members (excludes halogenated alkanes) is 3. The first-order valence-electron chi connectivity index (χ1n) is 13.3. The summed E-state index contributed by atoms with van der Waals surface area (Å²) < 4.78 is 24.3. The van der Waals surface area contributed by atoms with Crippen LogP contribution in [0.5, 0.6) is 17.5 Å². The van der Waals surface area contributed by atoms with Gasteiger partial charge in [-0.15, -0.1) is 0 Å². The van der Waals surface area contributed by atoms with Gasteiger partial charge < -0.3 is 18.9 Å². The number of imidazole rings is 1. The standard InChI is InChI=1S/C32H36N2O5/c1-5-6-7-11-14-28(31(35)38-4)39-32-33-29(23-15-19-26(36-2)20-16-23)30(24-17-21-27(37-3)22-18-24)34(32)25-12-9-8-10-13-25/h8-10,12-13,15-22,28H,5-7,11,14H2,1-4H3. The van der Waals surface area contributed by atoms with E-state index in [-0.39, 0.29) is 0 Å². The fraction of sp³-hybridized carbons (Fsp3) is 0.312. The molecular weight excluding hydrogens is 492 g/mol. The lowest BCUT2D eigenvalue weighted by molar-refractivity contribution is -0.149. The summed E-state index contributed by atoms with van der Waals surface area (Å²) in [5.41, 5.74) is 4.22. The van der Waals surface area contributed by atoms with Crippen molar-refractivity contribution < 1.29 is 23.7 Å². The van der Waals surface area contributed by atoms with Crippen molar-refractivity contribution in [2.75, 3.05) is 21.3 Å². The van der Waals surface area contributed by atoms with Gasteiger partial charge in [-0.25, -0.2) is 4.79 Å². The number of esters is 1. The molecule has 7 nitrogen and oxygen atoms in total. The topological polar surface area (TPSA) is 71.8 Å². The van der Waals surface area contributed by atoms with E-state index >= 15 is 0 Å². The van der Waals surface area contributed by atoms with E-state index in [1.807, 2.05) is 83.4 Å². The maximum Gasteiger partial charge on any atom is 0.347 e. The molecule has 1 unspecified atom stereocenters. The minimum absolute atomic E-state index is 0.323. The Balaban J connectivity index is 1.89. The van der Waals surface area contributed by atoms with Crippen LogP contribution in [-0.2, 0) is 9.53 Å². The molecule has 4 aromatic rings. The molecule has 0 bridgehead atoms. The zero-order valence-corrected chi connectivity index (χ0v) is 23.1. The Labute approximate surface area is 230 Å². The lowest BCUT2D eigenvalue weighted by Gasteiger charge is -2.18. The molecule has 4 rings (SSSR count). The number of carbonyl (C=O) groups excluding carboxylic acids is 1. The summed E-state index contributed by atoms with van der Waals surface area (Å²) >= 11 is 0. The number of nitrogens with zero attached hydrogens (tertiary/aromatic N) is 2. The minimum Gasteiger partial charge on any atom is -0.497 e. The first kappa shape index (κ1) is 27.8. The van der Waals surface area contributed by atoms with E-state index in [1.165, 1.54) is 7.11 Å². The average molecular weight is 529 g/mol. The summed E-state index contributed by atoms with van der Waals surface area (Å²) in [4.78, 5) is 17.8. The number of para-hydroxylation sites is 1. The number of ether oxygens (including phenoxy) is 4. The molecule has 1 heterocycles. The molecule has 0 saturated carbocycles. The van der Waals surface area contributed by atoms with Gasteiger partial charge in [0.05, 0.1) is 32.7 Å². The summed E-state index contributed by atoms with van der Waals surface area (Å²) in [6.45, 7) is 2.16. The molecule has 3 aromatic carbocycles. The lowest BCUT2D eigenvalue weighted by Crippen LogP contribution is -2.29. The highest BCUT2D eigenvalue weighted by Crippen LogP contribution is 2.39. The molecule has 0 radical (unpaired) electrons. The van der Waals surface area contributed by atoms with Crippen molar-refractivity contribution in [3.63, 3.8) is 0 Å². The van der Waals surface area contributed by atoms with E-state index < -0.39 is 12.1 Å². The van der Waals surface area contributed by atoms with E-state index in [9.17, 15) is 4.79 Å². The fourth-order valence-electron chi connectivity index (χ4n) is 4.50. The van der Waals surface area contributed by atoms with Gasteiger partial charge in [-0.1, -0.05) is 44.4 Å². The molecule has 0 fully saturated rings. The summed E-state index contributed by atoms with van der Waals surface area (Å²) in [5, 5.41) is 0. The lowest BCUT2D eigenvalue weighted by atomic mass is 10.0. The second kappa shape index (κ2) is 13.5. The van der Waals surface area contributed by atoms with E-state index in [2.05, 4.69) is 6.92 Å². The van der Waals surface area contributed by atoms with Crippen molar-refractivity contribution in [2.24, 2.45) is 0 Å².